The average Bonchev–Trinajstić information content (AvgIpc) is 2.79. The molecule has 1 aliphatic rings. The molecule has 0 bridgehead atoms. The van der Waals surface area contributed by atoms with E-state index in [1.54, 1.807) is 39.0 Å². The number of nitrogens with zero attached hydrogens (tertiary/aromatic N) is 3. The summed E-state index contributed by atoms with van der Waals surface area (Å²) in [5.41, 5.74) is 6.10. The van der Waals surface area contributed by atoms with Crippen LogP contribution in [0.15, 0.2) is 42.5 Å². The van der Waals surface area contributed by atoms with Crippen molar-refractivity contribution in [1.82, 2.24) is 9.97 Å². The van der Waals surface area contributed by atoms with Crippen molar-refractivity contribution in [3.8, 4) is 35.3 Å². The highest BCUT2D eigenvalue weighted by Gasteiger charge is 2.26. The number of hydrogen-bond acceptors (Lipinski definition) is 10. The smallest absolute Gasteiger partial charge is 0.338 e. The number of nitrogen functional groups attached to an aromatic ring is 1. The van der Waals surface area contributed by atoms with Crippen molar-refractivity contribution >= 4 is 23.3 Å². The molecule has 3 N–H and O–H groups in total. The highest BCUT2D eigenvalue weighted by molar-refractivity contribution is 5.96. The van der Waals surface area contributed by atoms with Gasteiger partial charge >= 0.3 is 12.0 Å². The maximum atomic E-state index is 12.4. The van der Waals surface area contributed by atoms with Gasteiger partial charge in [0, 0.05) is 6.07 Å². The average molecular weight is 475 g/mol. The summed E-state index contributed by atoms with van der Waals surface area (Å²) < 4.78 is 22.4. The number of nitrogens with one attached hydrogen (secondary N) is 1. The number of fused-ring (bicyclic) bond motifs is 1. The summed E-state index contributed by atoms with van der Waals surface area (Å²) in [5.74, 6) is -0.423. The third-order valence-electron chi connectivity index (χ3n) is 4.46. The second-order valence-electron chi connectivity index (χ2n) is 8.42. The minimum atomic E-state index is -0.654. The first kappa shape index (κ1) is 23.3. The first-order valence-corrected chi connectivity index (χ1v) is 10.4. The number of aromatic nitrogens is 2. The number of carbonyl (C=O) groups excluding carboxylic acids is 2. The van der Waals surface area contributed by atoms with Crippen LogP contribution in [-0.4, -0.2) is 34.1 Å². The van der Waals surface area contributed by atoms with Crippen LogP contribution in [0.1, 0.15) is 36.7 Å². The van der Waals surface area contributed by atoms with Gasteiger partial charge in [-0.1, -0.05) is 6.07 Å². The van der Waals surface area contributed by atoms with Crippen LogP contribution in [0.2, 0.25) is 0 Å². The molecule has 35 heavy (non-hydrogen) atoms. The molecular weight excluding hydrogens is 454 g/mol. The first-order chi connectivity index (χ1) is 16.6. The molecule has 0 aliphatic carbocycles. The number of anilines is 2. The molecule has 1 amide bonds. The molecule has 4 rings (SSSR count). The zero-order valence-electron chi connectivity index (χ0n) is 19.1. The Morgan fingerprint density at radius 3 is 2.63 bits per heavy atom. The van der Waals surface area contributed by atoms with E-state index in [1.807, 2.05) is 6.07 Å². The van der Waals surface area contributed by atoms with Crippen LogP contribution in [0.5, 0.6) is 29.3 Å². The summed E-state index contributed by atoms with van der Waals surface area (Å²) >= 11 is 0. The Labute approximate surface area is 200 Å². The van der Waals surface area contributed by atoms with Crippen LogP contribution in [0.4, 0.5) is 11.4 Å². The van der Waals surface area contributed by atoms with Crippen LogP contribution in [0.3, 0.4) is 0 Å². The first-order valence-electron chi connectivity index (χ1n) is 10.4. The topological polar surface area (TPSA) is 159 Å². The molecule has 3 aromatic rings. The van der Waals surface area contributed by atoms with Gasteiger partial charge in [-0.2, -0.15) is 15.2 Å². The van der Waals surface area contributed by atoms with Crippen molar-refractivity contribution in [2.75, 3.05) is 17.7 Å². The fourth-order valence-electron chi connectivity index (χ4n) is 2.99. The normalized spacial score (nSPS) is 12.5. The summed E-state index contributed by atoms with van der Waals surface area (Å²) in [6, 6.07) is 12.6. The van der Waals surface area contributed by atoms with Gasteiger partial charge in [-0.15, -0.1) is 0 Å². The minimum Gasteiger partial charge on any atom is -0.466 e. The summed E-state index contributed by atoms with van der Waals surface area (Å²) in [6.07, 6.45) is 0. The molecule has 11 nitrogen and oxygen atoms in total. The fraction of sp³-hybridized carbons (Fsp3) is 0.208. The largest absolute Gasteiger partial charge is 0.466 e. The van der Waals surface area contributed by atoms with Gasteiger partial charge in [-0.25, -0.2) is 4.79 Å². The van der Waals surface area contributed by atoms with E-state index in [1.165, 1.54) is 24.3 Å². The van der Waals surface area contributed by atoms with Gasteiger partial charge in [0.15, 0.2) is 12.3 Å². The number of ether oxygens (including phenoxy) is 4. The predicted molar refractivity (Wildman–Crippen MR) is 123 cm³/mol. The van der Waals surface area contributed by atoms with Gasteiger partial charge < -0.3 is 30.0 Å². The molecule has 11 heteroatoms. The van der Waals surface area contributed by atoms with E-state index in [0.717, 1.165) is 0 Å². The van der Waals surface area contributed by atoms with E-state index in [0.29, 0.717) is 0 Å². The molecule has 0 atom stereocenters. The summed E-state index contributed by atoms with van der Waals surface area (Å²) in [4.78, 5) is 32.7. The molecule has 1 aliphatic heterocycles. The van der Waals surface area contributed by atoms with Gasteiger partial charge in [-0.05, 0) is 51.1 Å². The summed E-state index contributed by atoms with van der Waals surface area (Å²) in [5, 5.41) is 11.7. The monoisotopic (exact) mass is 475 g/mol. The number of benzene rings is 2. The molecule has 2 aromatic carbocycles. The number of nitriles is 1. The molecule has 0 spiro atoms. The molecule has 178 valence electrons. The Bertz CT molecular complexity index is 1360. The van der Waals surface area contributed by atoms with Gasteiger partial charge in [0.2, 0.25) is 5.88 Å². The number of carbonyl (C=O) groups is 2. The third kappa shape index (κ3) is 5.56. The zero-order valence-corrected chi connectivity index (χ0v) is 19.1. The maximum Gasteiger partial charge on any atom is 0.338 e. The molecule has 0 saturated heterocycles. The maximum absolute atomic E-state index is 12.4. The van der Waals surface area contributed by atoms with Gasteiger partial charge in [0.05, 0.1) is 16.8 Å². The number of esters is 1. The molecular formula is C24H21N5O6. The fourth-order valence-corrected chi connectivity index (χ4v) is 2.99. The van der Waals surface area contributed by atoms with Gasteiger partial charge in [0.25, 0.3) is 11.8 Å². The van der Waals surface area contributed by atoms with Crippen LogP contribution < -0.4 is 25.3 Å². The summed E-state index contributed by atoms with van der Waals surface area (Å²) in [6.45, 7) is 5.07. The Morgan fingerprint density at radius 2 is 1.91 bits per heavy atom. The van der Waals surface area contributed by atoms with E-state index < -0.39 is 17.5 Å². The minimum absolute atomic E-state index is 0.0366. The van der Waals surface area contributed by atoms with Crippen LogP contribution in [-0.2, 0) is 9.53 Å². The Balaban J connectivity index is 1.65. The Kier molecular flexibility index (Phi) is 6.12. The Hall–Kier alpha value is -4.85. The number of hydrogen-bond donors (Lipinski definition) is 2. The Morgan fingerprint density at radius 1 is 1.14 bits per heavy atom. The van der Waals surface area contributed by atoms with Crippen molar-refractivity contribution < 1.29 is 28.5 Å². The van der Waals surface area contributed by atoms with Crippen molar-refractivity contribution in [2.24, 2.45) is 0 Å². The molecule has 0 unspecified atom stereocenters. The molecule has 2 heterocycles. The van der Waals surface area contributed by atoms with E-state index in [9.17, 15) is 9.59 Å². The van der Waals surface area contributed by atoms with Gasteiger partial charge in [0.1, 0.15) is 23.2 Å². The highest BCUT2D eigenvalue weighted by atomic mass is 16.6. The number of amides is 1. The van der Waals surface area contributed by atoms with Crippen molar-refractivity contribution in [1.29, 1.82) is 5.26 Å². The lowest BCUT2D eigenvalue weighted by Gasteiger charge is -2.20. The zero-order chi connectivity index (χ0) is 25.2. The number of nitrogens with two attached hydrogens (primary N) is 1. The summed E-state index contributed by atoms with van der Waals surface area (Å²) in [7, 11) is 0. The van der Waals surface area contributed by atoms with E-state index in [2.05, 4.69) is 15.3 Å². The second kappa shape index (κ2) is 9.18. The molecule has 0 saturated carbocycles. The van der Waals surface area contributed by atoms with Crippen LogP contribution >= 0.6 is 0 Å². The number of rotatable bonds is 5. The van der Waals surface area contributed by atoms with Crippen LogP contribution in [0, 0.1) is 11.3 Å². The SMILES string of the molecule is CC(C)(C)OC(=O)c1cccc(Oc2nc3c(c(Oc4ccc(C#N)c(N)c4)n2)NC(=O)CO3)c1. The van der Waals surface area contributed by atoms with E-state index >= 15 is 0 Å². The lowest BCUT2D eigenvalue weighted by atomic mass is 10.1. The van der Waals surface area contributed by atoms with Crippen LogP contribution in [0.25, 0.3) is 0 Å². The highest BCUT2D eigenvalue weighted by Crippen LogP contribution is 2.39. The molecule has 1 aromatic heterocycles. The molecule has 0 fully saturated rings. The lowest BCUT2D eigenvalue weighted by molar-refractivity contribution is -0.118. The lowest BCUT2D eigenvalue weighted by Crippen LogP contribution is -2.26. The second-order valence-corrected chi connectivity index (χ2v) is 8.42. The van der Waals surface area contributed by atoms with E-state index in [-0.39, 0.29) is 58.4 Å². The van der Waals surface area contributed by atoms with Crippen molar-refractivity contribution in [2.45, 2.75) is 26.4 Å². The van der Waals surface area contributed by atoms with E-state index in [4.69, 9.17) is 29.9 Å². The van der Waals surface area contributed by atoms with Crippen molar-refractivity contribution in [3.05, 3.63) is 53.6 Å². The molecule has 0 radical (unpaired) electrons. The third-order valence-corrected chi connectivity index (χ3v) is 4.46. The quantitative estimate of drug-likeness (QED) is 0.410. The standard InChI is InChI=1S/C24H21N5O6/c1-24(2,3)35-22(31)13-5-4-6-15(9-13)34-23-28-20-19(27-18(30)12-32-20)21(29-23)33-16-8-7-14(11-25)17(26)10-16/h4-10H,12,26H2,1-3H3,(H,27,30). The van der Waals surface area contributed by atoms with Crippen molar-refractivity contribution in [3.63, 3.8) is 0 Å². The van der Waals surface area contributed by atoms with Gasteiger partial charge in [-0.3, -0.25) is 4.79 Å². The predicted octanol–water partition coefficient (Wildman–Crippen LogP) is 3.80.